The van der Waals surface area contributed by atoms with E-state index in [9.17, 15) is 0 Å². The van der Waals surface area contributed by atoms with E-state index in [1.54, 1.807) is 0 Å². The second-order valence-corrected chi connectivity index (χ2v) is 10.8. The minimum Gasteiger partial charge on any atom is -0.456 e. The van der Waals surface area contributed by atoms with Gasteiger partial charge in [-0.05, 0) is 53.6 Å². The number of anilines is 3. The van der Waals surface area contributed by atoms with Crippen LogP contribution in [0.25, 0.3) is 53.2 Å². The molecule has 0 N–H and O–H groups in total. The minimum atomic E-state index is 0.892. The number of nitrogens with zero attached hydrogens (tertiary/aromatic N) is 1. The van der Waals surface area contributed by atoms with Gasteiger partial charge in [0.15, 0.2) is 0 Å². The lowest BCUT2D eigenvalue weighted by molar-refractivity contribution is 0.669. The molecule has 0 radical (unpaired) electrons. The lowest BCUT2D eigenvalue weighted by Crippen LogP contribution is -2.10. The third-order valence-corrected chi connectivity index (χ3v) is 8.69. The van der Waals surface area contributed by atoms with Crippen LogP contribution in [0.2, 0.25) is 0 Å². The maximum absolute atomic E-state index is 6.30. The maximum atomic E-state index is 6.30. The molecule has 0 fully saturated rings. The molecule has 0 spiro atoms. The molecular weight excluding hydrogens is 494 g/mol. The molecule has 0 saturated heterocycles. The van der Waals surface area contributed by atoms with Crippen molar-refractivity contribution in [2.24, 2.45) is 0 Å². The number of furan rings is 1. The Bertz CT molecular complexity index is 2120. The highest BCUT2D eigenvalue weighted by atomic mass is 32.1. The maximum Gasteiger partial charge on any atom is 0.137 e. The van der Waals surface area contributed by atoms with Crippen LogP contribution in [0.3, 0.4) is 0 Å². The van der Waals surface area contributed by atoms with Crippen molar-refractivity contribution in [3.63, 3.8) is 0 Å². The summed E-state index contributed by atoms with van der Waals surface area (Å²) >= 11 is 1.85. The Hall–Kier alpha value is -4.86. The molecule has 2 nitrogen and oxygen atoms in total. The third-order valence-electron chi connectivity index (χ3n) is 7.48. The number of fused-ring (bicyclic) bond motifs is 6. The predicted molar refractivity (Wildman–Crippen MR) is 167 cm³/mol. The Labute approximate surface area is 230 Å². The Kier molecular flexibility index (Phi) is 5.04. The van der Waals surface area contributed by atoms with E-state index in [-0.39, 0.29) is 0 Å². The second kappa shape index (κ2) is 8.87. The molecule has 8 rings (SSSR count). The molecule has 2 heterocycles. The lowest BCUT2D eigenvalue weighted by atomic mass is 10.0. The molecule has 3 heteroatoms. The van der Waals surface area contributed by atoms with Gasteiger partial charge in [-0.15, -0.1) is 11.3 Å². The average Bonchev–Trinajstić information content (AvgIpc) is 3.58. The van der Waals surface area contributed by atoms with Crippen LogP contribution < -0.4 is 4.90 Å². The first-order valence-corrected chi connectivity index (χ1v) is 13.9. The van der Waals surface area contributed by atoms with Gasteiger partial charge in [-0.1, -0.05) is 97.1 Å². The summed E-state index contributed by atoms with van der Waals surface area (Å²) in [5, 5.41) is 4.82. The highest BCUT2D eigenvalue weighted by Crippen LogP contribution is 2.47. The van der Waals surface area contributed by atoms with Crippen molar-refractivity contribution in [2.45, 2.75) is 0 Å². The minimum absolute atomic E-state index is 0.892. The van der Waals surface area contributed by atoms with E-state index >= 15 is 0 Å². The van der Waals surface area contributed by atoms with Gasteiger partial charge >= 0.3 is 0 Å². The monoisotopic (exact) mass is 517 g/mol. The van der Waals surface area contributed by atoms with E-state index in [2.05, 4.69) is 132 Å². The van der Waals surface area contributed by atoms with Crippen LogP contribution in [-0.2, 0) is 0 Å². The van der Waals surface area contributed by atoms with Crippen LogP contribution in [0.5, 0.6) is 0 Å². The average molecular weight is 518 g/mol. The Morgan fingerprint density at radius 1 is 0.462 bits per heavy atom. The number of benzene rings is 6. The summed E-state index contributed by atoms with van der Waals surface area (Å²) in [5.41, 5.74) is 7.59. The second-order valence-electron chi connectivity index (χ2n) is 9.75. The van der Waals surface area contributed by atoms with Gasteiger partial charge in [-0.25, -0.2) is 0 Å². The molecule has 39 heavy (non-hydrogen) atoms. The summed E-state index contributed by atoms with van der Waals surface area (Å²) < 4.78 is 8.87. The zero-order chi connectivity index (χ0) is 25.8. The molecule has 0 aliphatic heterocycles. The first-order valence-electron chi connectivity index (χ1n) is 13.1. The van der Waals surface area contributed by atoms with Crippen molar-refractivity contribution >= 4 is 70.5 Å². The van der Waals surface area contributed by atoms with Gasteiger partial charge in [0.2, 0.25) is 0 Å². The molecule has 0 saturated carbocycles. The van der Waals surface area contributed by atoms with Gasteiger partial charge in [0, 0.05) is 26.5 Å². The molecule has 8 aromatic rings. The van der Waals surface area contributed by atoms with Crippen molar-refractivity contribution in [3.05, 3.63) is 140 Å². The molecule has 0 aliphatic carbocycles. The van der Waals surface area contributed by atoms with E-state index in [1.165, 1.54) is 37.0 Å². The van der Waals surface area contributed by atoms with Gasteiger partial charge in [-0.3, -0.25) is 0 Å². The van der Waals surface area contributed by atoms with Crippen LogP contribution in [0.15, 0.2) is 144 Å². The van der Waals surface area contributed by atoms with Crippen LogP contribution in [0.1, 0.15) is 0 Å². The van der Waals surface area contributed by atoms with Crippen LogP contribution in [-0.4, -0.2) is 0 Å². The van der Waals surface area contributed by atoms with Gasteiger partial charge in [0.05, 0.1) is 21.5 Å². The summed E-state index contributed by atoms with van der Waals surface area (Å²) in [4.78, 5) is 2.40. The molecular formula is C36H23NOS. The Balaban J connectivity index is 1.42. The summed E-state index contributed by atoms with van der Waals surface area (Å²) in [5.74, 6) is 0. The predicted octanol–water partition coefficient (Wildman–Crippen LogP) is 11.1. The highest BCUT2D eigenvalue weighted by molar-refractivity contribution is 7.26. The SMILES string of the molecule is c1ccc(-c2ccc(N(c3cccc4c3sc3ccccc34)c3cccc4oc5ccccc5c34)cc2)cc1. The highest BCUT2D eigenvalue weighted by Gasteiger charge is 2.22. The lowest BCUT2D eigenvalue weighted by Gasteiger charge is -2.27. The molecule has 0 bridgehead atoms. The van der Waals surface area contributed by atoms with E-state index in [4.69, 9.17) is 4.42 Å². The Morgan fingerprint density at radius 3 is 1.97 bits per heavy atom. The molecule has 0 aliphatic rings. The summed E-state index contributed by atoms with van der Waals surface area (Å²) in [6.45, 7) is 0. The van der Waals surface area contributed by atoms with E-state index in [0.29, 0.717) is 0 Å². The number of thiophene rings is 1. The smallest absolute Gasteiger partial charge is 0.137 e. The van der Waals surface area contributed by atoms with Gasteiger partial charge in [0.1, 0.15) is 11.2 Å². The zero-order valence-corrected chi connectivity index (χ0v) is 21.9. The fourth-order valence-corrected chi connectivity index (χ4v) is 6.90. The third kappa shape index (κ3) is 3.55. The van der Waals surface area contributed by atoms with E-state index in [1.807, 2.05) is 23.5 Å². The van der Waals surface area contributed by atoms with Crippen LogP contribution in [0.4, 0.5) is 17.1 Å². The molecule has 0 amide bonds. The van der Waals surface area contributed by atoms with Gasteiger partial charge in [0.25, 0.3) is 0 Å². The van der Waals surface area contributed by atoms with Crippen molar-refractivity contribution in [1.29, 1.82) is 0 Å². The topological polar surface area (TPSA) is 16.4 Å². The normalized spacial score (nSPS) is 11.6. The van der Waals surface area contributed by atoms with Gasteiger partial charge in [-0.2, -0.15) is 0 Å². The molecule has 2 aromatic heterocycles. The summed E-state index contributed by atoms with van der Waals surface area (Å²) in [6, 6.07) is 49.5. The first-order chi connectivity index (χ1) is 19.3. The Morgan fingerprint density at radius 2 is 1.10 bits per heavy atom. The fraction of sp³-hybridized carbons (Fsp3) is 0. The quantitative estimate of drug-likeness (QED) is 0.231. The fourth-order valence-electron chi connectivity index (χ4n) is 5.69. The first kappa shape index (κ1) is 22.2. The largest absolute Gasteiger partial charge is 0.456 e. The van der Waals surface area contributed by atoms with E-state index in [0.717, 1.165) is 33.3 Å². The summed E-state index contributed by atoms with van der Waals surface area (Å²) in [7, 11) is 0. The molecule has 184 valence electrons. The van der Waals surface area contributed by atoms with Crippen molar-refractivity contribution in [2.75, 3.05) is 4.90 Å². The number of hydrogen-bond acceptors (Lipinski definition) is 3. The van der Waals surface area contributed by atoms with Gasteiger partial charge < -0.3 is 9.32 Å². The standard InChI is InChI=1S/C36H23NOS/c1-2-10-24(11-3-1)25-20-22-26(23-21-25)37(30-15-9-18-33-35(30)29-13-4-6-17-32(29)38-33)31-16-8-14-28-27-12-5-7-19-34(27)39-36(28)31/h1-23H. The zero-order valence-electron chi connectivity index (χ0n) is 21.0. The van der Waals surface area contributed by atoms with Crippen LogP contribution in [0, 0.1) is 0 Å². The van der Waals surface area contributed by atoms with Crippen LogP contribution >= 0.6 is 11.3 Å². The van der Waals surface area contributed by atoms with E-state index < -0.39 is 0 Å². The number of hydrogen-bond donors (Lipinski definition) is 0. The number of para-hydroxylation sites is 1. The van der Waals surface area contributed by atoms with Crippen molar-refractivity contribution in [3.8, 4) is 11.1 Å². The summed E-state index contributed by atoms with van der Waals surface area (Å²) in [6.07, 6.45) is 0. The van der Waals surface area contributed by atoms with Crippen molar-refractivity contribution in [1.82, 2.24) is 0 Å². The van der Waals surface area contributed by atoms with Crippen molar-refractivity contribution < 1.29 is 4.42 Å². The molecule has 0 unspecified atom stereocenters. The molecule has 6 aromatic carbocycles. The molecule has 0 atom stereocenters. The number of rotatable bonds is 4.